The average molecular weight is 288 g/mol. The highest BCUT2D eigenvalue weighted by Crippen LogP contribution is 2.41. The van der Waals surface area contributed by atoms with Gasteiger partial charge in [-0.05, 0) is 35.0 Å². The van der Waals surface area contributed by atoms with Crippen molar-refractivity contribution < 1.29 is 23.7 Å². The lowest BCUT2D eigenvalue weighted by Gasteiger charge is -2.10. The SMILES string of the molecule is COC(=O)c1ccc2cc3c(cc2c1)C(OC)OC3OC. The molecule has 2 unspecified atom stereocenters. The van der Waals surface area contributed by atoms with E-state index in [1.165, 1.54) is 7.11 Å². The number of hydrogen-bond acceptors (Lipinski definition) is 5. The molecular formula is C16H16O5. The van der Waals surface area contributed by atoms with Crippen LogP contribution in [0, 0.1) is 0 Å². The lowest BCUT2D eigenvalue weighted by Crippen LogP contribution is -2.01. The van der Waals surface area contributed by atoms with Gasteiger partial charge in [-0.2, -0.15) is 0 Å². The zero-order valence-electron chi connectivity index (χ0n) is 12.1. The highest BCUT2D eigenvalue weighted by molar-refractivity contribution is 5.95. The number of methoxy groups -OCH3 is 3. The van der Waals surface area contributed by atoms with Gasteiger partial charge < -0.3 is 18.9 Å². The minimum absolute atomic E-state index is 0.355. The summed E-state index contributed by atoms with van der Waals surface area (Å²) in [5.41, 5.74) is 2.38. The van der Waals surface area contributed by atoms with Gasteiger partial charge in [0.2, 0.25) is 0 Å². The van der Waals surface area contributed by atoms with Crippen LogP contribution in [0.5, 0.6) is 0 Å². The molecule has 0 aliphatic carbocycles. The minimum atomic E-state index is -0.462. The fourth-order valence-electron chi connectivity index (χ4n) is 2.61. The molecule has 0 radical (unpaired) electrons. The molecule has 5 heteroatoms. The van der Waals surface area contributed by atoms with Crippen molar-refractivity contribution in [3.05, 3.63) is 47.0 Å². The molecule has 2 aromatic rings. The second-order valence-electron chi connectivity index (χ2n) is 4.81. The molecule has 2 aromatic carbocycles. The molecule has 0 bridgehead atoms. The maximum absolute atomic E-state index is 11.6. The molecule has 5 nitrogen and oxygen atoms in total. The summed E-state index contributed by atoms with van der Waals surface area (Å²) in [7, 11) is 4.55. The summed E-state index contributed by atoms with van der Waals surface area (Å²) in [4.78, 5) is 11.6. The summed E-state index contributed by atoms with van der Waals surface area (Å²) in [5, 5.41) is 1.93. The Kier molecular flexibility index (Phi) is 3.63. The molecule has 0 spiro atoms. The molecule has 0 saturated heterocycles. The summed E-state index contributed by atoms with van der Waals surface area (Å²) in [6, 6.07) is 9.39. The van der Waals surface area contributed by atoms with Crippen LogP contribution in [0.3, 0.4) is 0 Å². The molecule has 21 heavy (non-hydrogen) atoms. The number of esters is 1. The van der Waals surface area contributed by atoms with Crippen LogP contribution in [0.25, 0.3) is 10.8 Å². The first-order chi connectivity index (χ1) is 10.2. The van der Waals surface area contributed by atoms with Crippen LogP contribution in [-0.4, -0.2) is 27.3 Å². The summed E-state index contributed by atoms with van der Waals surface area (Å²) in [5.74, 6) is -0.355. The molecule has 2 atom stereocenters. The van der Waals surface area contributed by atoms with Gasteiger partial charge >= 0.3 is 5.97 Å². The van der Waals surface area contributed by atoms with Crippen molar-refractivity contribution in [3.63, 3.8) is 0 Å². The van der Waals surface area contributed by atoms with Gasteiger partial charge in [-0.3, -0.25) is 0 Å². The Morgan fingerprint density at radius 1 is 0.952 bits per heavy atom. The van der Waals surface area contributed by atoms with Crippen LogP contribution in [0.1, 0.15) is 34.1 Å². The van der Waals surface area contributed by atoms with Crippen molar-refractivity contribution in [2.24, 2.45) is 0 Å². The van der Waals surface area contributed by atoms with Crippen LogP contribution >= 0.6 is 0 Å². The number of benzene rings is 2. The Hall–Kier alpha value is -1.95. The Balaban J connectivity index is 2.14. The summed E-state index contributed by atoms with van der Waals surface area (Å²) >= 11 is 0. The molecule has 1 aliphatic rings. The first-order valence-corrected chi connectivity index (χ1v) is 6.55. The minimum Gasteiger partial charge on any atom is -0.465 e. The first kappa shape index (κ1) is 14.0. The molecule has 0 fully saturated rings. The van der Waals surface area contributed by atoms with E-state index in [0.29, 0.717) is 5.56 Å². The van der Waals surface area contributed by atoms with E-state index in [1.807, 2.05) is 18.2 Å². The largest absolute Gasteiger partial charge is 0.465 e. The van der Waals surface area contributed by atoms with Crippen LogP contribution in [-0.2, 0) is 18.9 Å². The maximum Gasteiger partial charge on any atom is 0.337 e. The summed E-state index contributed by atoms with van der Waals surface area (Å²) in [6.45, 7) is 0. The van der Waals surface area contributed by atoms with Crippen LogP contribution in [0.2, 0.25) is 0 Å². The summed E-state index contributed by atoms with van der Waals surface area (Å²) < 4.78 is 21.1. The molecule has 0 amide bonds. The second-order valence-corrected chi connectivity index (χ2v) is 4.81. The predicted molar refractivity (Wildman–Crippen MR) is 75.9 cm³/mol. The molecule has 1 heterocycles. The average Bonchev–Trinajstić information content (AvgIpc) is 2.88. The third kappa shape index (κ3) is 2.29. The maximum atomic E-state index is 11.6. The van der Waals surface area contributed by atoms with E-state index in [9.17, 15) is 4.79 Å². The van der Waals surface area contributed by atoms with Gasteiger partial charge in [-0.1, -0.05) is 6.07 Å². The lowest BCUT2D eigenvalue weighted by atomic mass is 10.00. The molecule has 1 aliphatic heterocycles. The van der Waals surface area contributed by atoms with E-state index in [0.717, 1.165) is 21.9 Å². The molecule has 0 saturated carbocycles. The highest BCUT2D eigenvalue weighted by Gasteiger charge is 2.32. The fraction of sp³-hybridized carbons (Fsp3) is 0.312. The number of rotatable bonds is 3. The molecule has 3 rings (SSSR count). The van der Waals surface area contributed by atoms with E-state index in [-0.39, 0.29) is 5.97 Å². The van der Waals surface area contributed by atoms with Crippen molar-refractivity contribution >= 4 is 16.7 Å². The molecule has 0 aromatic heterocycles. The third-order valence-corrected chi connectivity index (χ3v) is 3.65. The van der Waals surface area contributed by atoms with Crippen molar-refractivity contribution in [1.29, 1.82) is 0 Å². The van der Waals surface area contributed by atoms with E-state index in [2.05, 4.69) is 0 Å². The highest BCUT2D eigenvalue weighted by atomic mass is 16.8. The number of fused-ring (bicyclic) bond motifs is 2. The predicted octanol–water partition coefficient (Wildman–Crippen LogP) is 2.95. The number of carbonyl (C=O) groups excluding carboxylic acids is 1. The Bertz CT molecular complexity index is 694. The third-order valence-electron chi connectivity index (χ3n) is 3.65. The zero-order chi connectivity index (χ0) is 15.0. The fourth-order valence-corrected chi connectivity index (χ4v) is 2.61. The standard InChI is InChI=1S/C16H16O5/c1-18-14(17)10-5-4-9-7-12-13(8-11(9)6-10)16(20-3)21-15(12)19-2/h4-8,15-16H,1-3H3. The van der Waals surface area contributed by atoms with Crippen molar-refractivity contribution in [3.8, 4) is 0 Å². The van der Waals surface area contributed by atoms with Crippen molar-refractivity contribution in [1.82, 2.24) is 0 Å². The van der Waals surface area contributed by atoms with E-state index >= 15 is 0 Å². The quantitative estimate of drug-likeness (QED) is 0.813. The second kappa shape index (κ2) is 5.44. The normalized spacial score (nSPS) is 20.5. The van der Waals surface area contributed by atoms with Crippen LogP contribution < -0.4 is 0 Å². The summed E-state index contributed by atoms with van der Waals surface area (Å²) in [6.07, 6.45) is -0.897. The van der Waals surface area contributed by atoms with Gasteiger partial charge in [0, 0.05) is 25.3 Å². The Labute approximate surface area is 122 Å². The van der Waals surface area contributed by atoms with E-state index < -0.39 is 12.6 Å². The van der Waals surface area contributed by atoms with Crippen LogP contribution in [0.15, 0.2) is 30.3 Å². The molecule has 110 valence electrons. The molecule has 0 N–H and O–H groups in total. The van der Waals surface area contributed by atoms with Gasteiger partial charge in [0.05, 0.1) is 12.7 Å². The van der Waals surface area contributed by atoms with Gasteiger partial charge in [-0.25, -0.2) is 4.79 Å². The van der Waals surface area contributed by atoms with E-state index in [4.69, 9.17) is 18.9 Å². The molecular weight excluding hydrogens is 272 g/mol. The van der Waals surface area contributed by atoms with Crippen molar-refractivity contribution in [2.75, 3.05) is 21.3 Å². The Morgan fingerprint density at radius 2 is 1.57 bits per heavy atom. The number of carbonyl (C=O) groups is 1. The van der Waals surface area contributed by atoms with Crippen molar-refractivity contribution in [2.45, 2.75) is 12.6 Å². The number of hydrogen-bond donors (Lipinski definition) is 0. The van der Waals surface area contributed by atoms with Gasteiger partial charge in [-0.15, -0.1) is 0 Å². The first-order valence-electron chi connectivity index (χ1n) is 6.55. The monoisotopic (exact) mass is 288 g/mol. The smallest absolute Gasteiger partial charge is 0.337 e. The van der Waals surface area contributed by atoms with Gasteiger partial charge in [0.25, 0.3) is 0 Å². The zero-order valence-corrected chi connectivity index (χ0v) is 12.1. The topological polar surface area (TPSA) is 54.0 Å². The van der Waals surface area contributed by atoms with Gasteiger partial charge in [0.15, 0.2) is 12.6 Å². The lowest BCUT2D eigenvalue weighted by molar-refractivity contribution is -0.217. The van der Waals surface area contributed by atoms with Gasteiger partial charge in [0.1, 0.15) is 0 Å². The number of ether oxygens (including phenoxy) is 4. The Morgan fingerprint density at radius 3 is 2.14 bits per heavy atom. The van der Waals surface area contributed by atoms with E-state index in [1.54, 1.807) is 26.4 Å². The van der Waals surface area contributed by atoms with Crippen LogP contribution in [0.4, 0.5) is 0 Å².